The van der Waals surface area contributed by atoms with Gasteiger partial charge >= 0.3 is 0 Å². The van der Waals surface area contributed by atoms with Gasteiger partial charge in [0.05, 0.1) is 6.04 Å². The van der Waals surface area contributed by atoms with Crippen molar-refractivity contribution in [3.05, 3.63) is 35.4 Å². The van der Waals surface area contributed by atoms with E-state index in [1.165, 1.54) is 24.0 Å². The Morgan fingerprint density at radius 3 is 2.44 bits per heavy atom. The van der Waals surface area contributed by atoms with Gasteiger partial charge in [0.25, 0.3) is 0 Å². The summed E-state index contributed by atoms with van der Waals surface area (Å²) in [5.74, 6) is 0. The monoisotopic (exact) mass is 218 g/mol. The Balaban J connectivity index is 2.33. The van der Waals surface area contributed by atoms with Crippen molar-refractivity contribution in [3.63, 3.8) is 0 Å². The zero-order chi connectivity index (χ0) is 11.8. The highest BCUT2D eigenvalue weighted by Gasteiger charge is 2.49. The second kappa shape index (κ2) is 4.19. The van der Waals surface area contributed by atoms with E-state index in [0.29, 0.717) is 11.6 Å². The lowest BCUT2D eigenvalue weighted by Crippen LogP contribution is -2.41. The lowest BCUT2D eigenvalue weighted by atomic mass is 9.95. The number of nitrogens with zero attached hydrogens (tertiary/aromatic N) is 1. The predicted molar refractivity (Wildman–Crippen MR) is 68.6 cm³/mol. The van der Waals surface area contributed by atoms with E-state index in [4.69, 9.17) is 0 Å². The van der Waals surface area contributed by atoms with E-state index >= 15 is 0 Å². The van der Waals surface area contributed by atoms with Gasteiger partial charge in [-0.15, -0.1) is 0 Å². The maximum absolute atomic E-state index is 3.51. The lowest BCUT2D eigenvalue weighted by molar-refractivity contribution is 0.223. The van der Waals surface area contributed by atoms with Crippen molar-refractivity contribution >= 4 is 0 Å². The molecule has 88 valence electrons. The fourth-order valence-corrected chi connectivity index (χ4v) is 2.75. The van der Waals surface area contributed by atoms with Crippen LogP contribution in [0.25, 0.3) is 0 Å². The van der Waals surface area contributed by atoms with Crippen molar-refractivity contribution in [1.29, 1.82) is 0 Å². The Morgan fingerprint density at radius 1 is 1.31 bits per heavy atom. The minimum atomic E-state index is 0.303. The molecule has 2 heteroatoms. The van der Waals surface area contributed by atoms with E-state index < -0.39 is 0 Å². The summed E-state index contributed by atoms with van der Waals surface area (Å²) in [4.78, 5) is 2.33. The van der Waals surface area contributed by atoms with E-state index in [0.717, 1.165) is 0 Å². The van der Waals surface area contributed by atoms with Gasteiger partial charge in [0, 0.05) is 5.54 Å². The number of benzene rings is 1. The van der Waals surface area contributed by atoms with Crippen LogP contribution in [0.2, 0.25) is 0 Å². The highest BCUT2D eigenvalue weighted by atomic mass is 15.2. The third-order valence-electron chi connectivity index (χ3n) is 3.68. The van der Waals surface area contributed by atoms with Gasteiger partial charge in [-0.25, -0.2) is 0 Å². The number of likely N-dealkylation sites (N-methyl/N-ethyl adjacent to an activating group) is 2. The Labute approximate surface area is 98.7 Å². The second-order valence-corrected chi connectivity index (χ2v) is 5.19. The van der Waals surface area contributed by atoms with E-state index in [2.05, 4.69) is 62.5 Å². The minimum Gasteiger partial charge on any atom is -0.313 e. The molecule has 1 aromatic rings. The number of aryl methyl sites for hydroxylation is 1. The molecule has 16 heavy (non-hydrogen) atoms. The van der Waals surface area contributed by atoms with Crippen molar-refractivity contribution in [1.82, 2.24) is 10.2 Å². The first-order chi connectivity index (χ1) is 7.59. The predicted octanol–water partition coefficient (Wildman–Crippen LogP) is 2.35. The number of hydrogen-bond acceptors (Lipinski definition) is 2. The smallest absolute Gasteiger partial charge is 0.0525 e. The Morgan fingerprint density at radius 2 is 2.00 bits per heavy atom. The first-order valence-electron chi connectivity index (χ1n) is 6.01. The Kier molecular flexibility index (Phi) is 3.04. The molecule has 0 aliphatic heterocycles. The summed E-state index contributed by atoms with van der Waals surface area (Å²) in [6.45, 7) is 2.16. The summed E-state index contributed by atoms with van der Waals surface area (Å²) in [6, 6.07) is 9.36. The molecule has 1 aromatic carbocycles. The summed E-state index contributed by atoms with van der Waals surface area (Å²) < 4.78 is 0. The molecule has 0 saturated heterocycles. The van der Waals surface area contributed by atoms with Gasteiger partial charge in [0.2, 0.25) is 0 Å². The van der Waals surface area contributed by atoms with Crippen LogP contribution in [-0.4, -0.2) is 31.6 Å². The van der Waals surface area contributed by atoms with Crippen molar-refractivity contribution in [2.45, 2.75) is 31.3 Å². The van der Waals surface area contributed by atoms with Crippen LogP contribution in [0.15, 0.2) is 24.3 Å². The molecule has 1 saturated carbocycles. The van der Waals surface area contributed by atoms with Gasteiger partial charge in [-0.2, -0.15) is 0 Å². The molecule has 0 aromatic heterocycles. The van der Waals surface area contributed by atoms with Crippen molar-refractivity contribution in [3.8, 4) is 0 Å². The molecule has 0 bridgehead atoms. The molecular formula is C14H22N2. The molecule has 0 amide bonds. The molecule has 2 nitrogen and oxygen atoms in total. The van der Waals surface area contributed by atoms with Crippen LogP contribution in [0.1, 0.15) is 30.0 Å². The van der Waals surface area contributed by atoms with Gasteiger partial charge < -0.3 is 10.2 Å². The first kappa shape index (κ1) is 11.6. The average Bonchev–Trinajstić information content (AvgIpc) is 2.99. The molecule has 1 fully saturated rings. The van der Waals surface area contributed by atoms with Crippen LogP contribution in [0, 0.1) is 6.92 Å². The van der Waals surface area contributed by atoms with E-state index in [9.17, 15) is 0 Å². The number of hydrogen-bond donors (Lipinski definition) is 1. The molecule has 1 unspecified atom stereocenters. The zero-order valence-corrected chi connectivity index (χ0v) is 10.7. The fourth-order valence-electron chi connectivity index (χ4n) is 2.75. The van der Waals surface area contributed by atoms with E-state index in [-0.39, 0.29) is 0 Å². The minimum absolute atomic E-state index is 0.303. The maximum Gasteiger partial charge on any atom is 0.0525 e. The molecule has 0 heterocycles. The van der Waals surface area contributed by atoms with Gasteiger partial charge in [0.1, 0.15) is 0 Å². The number of rotatable bonds is 4. The Bertz CT molecular complexity index is 367. The summed E-state index contributed by atoms with van der Waals surface area (Å²) >= 11 is 0. The second-order valence-electron chi connectivity index (χ2n) is 5.19. The third kappa shape index (κ3) is 2.00. The molecule has 2 rings (SSSR count). The van der Waals surface area contributed by atoms with Crippen LogP contribution in [0.3, 0.4) is 0 Å². The average molecular weight is 218 g/mol. The van der Waals surface area contributed by atoms with Gasteiger partial charge in [-0.05, 0) is 46.5 Å². The molecule has 0 spiro atoms. The van der Waals surface area contributed by atoms with Gasteiger partial charge in [-0.1, -0.05) is 29.8 Å². The fraction of sp³-hybridized carbons (Fsp3) is 0.571. The summed E-state index contributed by atoms with van der Waals surface area (Å²) in [5, 5.41) is 3.51. The highest BCUT2D eigenvalue weighted by molar-refractivity contribution is 5.30. The van der Waals surface area contributed by atoms with E-state index in [1.807, 2.05) is 0 Å². The van der Waals surface area contributed by atoms with Crippen LogP contribution in [0.4, 0.5) is 0 Å². The topological polar surface area (TPSA) is 15.3 Å². The largest absolute Gasteiger partial charge is 0.313 e. The molecule has 0 radical (unpaired) electrons. The molecule has 1 aliphatic rings. The van der Waals surface area contributed by atoms with Crippen molar-refractivity contribution in [2.75, 3.05) is 21.1 Å². The summed E-state index contributed by atoms with van der Waals surface area (Å²) in [7, 11) is 6.42. The SMILES string of the molecule is CNC1(C(c2cccc(C)c2)N(C)C)CC1. The quantitative estimate of drug-likeness (QED) is 0.834. The number of nitrogens with one attached hydrogen (secondary N) is 1. The maximum atomic E-state index is 3.51. The standard InChI is InChI=1S/C14H22N2/c1-11-6-5-7-12(10-11)13(16(3)4)14(15-2)8-9-14/h5-7,10,13,15H,8-9H2,1-4H3. The van der Waals surface area contributed by atoms with Gasteiger partial charge in [0.15, 0.2) is 0 Å². The molecule has 1 atom stereocenters. The van der Waals surface area contributed by atoms with Gasteiger partial charge in [-0.3, -0.25) is 0 Å². The van der Waals surface area contributed by atoms with Crippen LogP contribution in [0.5, 0.6) is 0 Å². The first-order valence-corrected chi connectivity index (χ1v) is 6.01. The Hall–Kier alpha value is -0.860. The molecule has 1 aliphatic carbocycles. The lowest BCUT2D eigenvalue weighted by Gasteiger charge is -2.33. The zero-order valence-electron chi connectivity index (χ0n) is 10.7. The van der Waals surface area contributed by atoms with Crippen LogP contribution >= 0.6 is 0 Å². The summed E-state index contributed by atoms with van der Waals surface area (Å²) in [6.07, 6.45) is 2.56. The van der Waals surface area contributed by atoms with Crippen LogP contribution < -0.4 is 5.32 Å². The third-order valence-corrected chi connectivity index (χ3v) is 3.68. The molecular weight excluding hydrogens is 196 g/mol. The molecule has 1 N–H and O–H groups in total. The normalized spacial score (nSPS) is 19.8. The van der Waals surface area contributed by atoms with Crippen LogP contribution in [-0.2, 0) is 0 Å². The highest BCUT2D eigenvalue weighted by Crippen LogP contribution is 2.47. The van der Waals surface area contributed by atoms with E-state index in [1.54, 1.807) is 0 Å². The van der Waals surface area contributed by atoms with Crippen molar-refractivity contribution < 1.29 is 0 Å². The summed E-state index contributed by atoms with van der Waals surface area (Å²) in [5.41, 5.74) is 3.07. The van der Waals surface area contributed by atoms with Crippen molar-refractivity contribution in [2.24, 2.45) is 0 Å².